The number of rotatable bonds is 2. The van der Waals surface area contributed by atoms with E-state index in [0.717, 1.165) is 18.2 Å². The van der Waals surface area contributed by atoms with Crippen molar-refractivity contribution in [2.24, 2.45) is 0 Å². The van der Waals surface area contributed by atoms with Crippen LogP contribution in [0.25, 0.3) is 0 Å². The van der Waals surface area contributed by atoms with Gasteiger partial charge in [-0.15, -0.1) is 3.89 Å². The molecule has 0 radical (unpaired) electrons. The van der Waals surface area contributed by atoms with Crippen molar-refractivity contribution in [2.75, 3.05) is 0 Å². The van der Waals surface area contributed by atoms with Gasteiger partial charge in [-0.3, -0.25) is 0 Å². The molecule has 0 N–H and O–H groups in total. The molecule has 0 saturated carbocycles. The standard InChI is InChI=1S/C8H3Cl4FO4S/c9-5-3-4(18(13,15)16)1-2-6(5)17-7(14)8(10,11)12/h1-3H. The van der Waals surface area contributed by atoms with Crippen molar-refractivity contribution in [2.45, 2.75) is 8.69 Å². The smallest absolute Gasteiger partial charge is 0.363 e. The van der Waals surface area contributed by atoms with Crippen LogP contribution >= 0.6 is 46.4 Å². The summed E-state index contributed by atoms with van der Waals surface area (Å²) in [6.45, 7) is 0. The molecule has 100 valence electrons. The summed E-state index contributed by atoms with van der Waals surface area (Å²) < 4.78 is 36.1. The fourth-order valence-electron chi connectivity index (χ4n) is 0.874. The van der Waals surface area contributed by atoms with Crippen LogP contribution in [0.5, 0.6) is 5.75 Å². The van der Waals surface area contributed by atoms with E-state index in [1.54, 1.807) is 0 Å². The van der Waals surface area contributed by atoms with Gasteiger partial charge in [0.1, 0.15) is 10.6 Å². The molecule has 1 aromatic rings. The molecule has 0 fully saturated rings. The molecular formula is C8H3Cl4FO4S. The van der Waals surface area contributed by atoms with Crippen LogP contribution in [0.3, 0.4) is 0 Å². The molecule has 0 saturated heterocycles. The third-order valence-electron chi connectivity index (χ3n) is 1.62. The fourth-order valence-corrected chi connectivity index (χ4v) is 1.76. The van der Waals surface area contributed by atoms with Crippen molar-refractivity contribution in [1.82, 2.24) is 0 Å². The van der Waals surface area contributed by atoms with Gasteiger partial charge in [-0.25, -0.2) is 4.79 Å². The highest BCUT2D eigenvalue weighted by molar-refractivity contribution is 7.86. The summed E-state index contributed by atoms with van der Waals surface area (Å²) in [5, 5.41) is -0.323. The number of carbonyl (C=O) groups excluding carboxylic acids is 1. The van der Waals surface area contributed by atoms with E-state index in [4.69, 9.17) is 46.4 Å². The number of halogens is 5. The Morgan fingerprint density at radius 1 is 1.28 bits per heavy atom. The molecule has 18 heavy (non-hydrogen) atoms. The first-order valence-corrected chi connectivity index (χ1v) is 6.94. The van der Waals surface area contributed by atoms with Gasteiger partial charge in [0.25, 0.3) is 3.79 Å². The number of hydrogen-bond acceptors (Lipinski definition) is 4. The molecule has 0 heterocycles. The van der Waals surface area contributed by atoms with Crippen LogP contribution in [0.15, 0.2) is 23.1 Å². The van der Waals surface area contributed by atoms with Crippen molar-refractivity contribution in [3.05, 3.63) is 23.2 Å². The first-order chi connectivity index (χ1) is 8.01. The Hall–Kier alpha value is -0.270. The summed E-state index contributed by atoms with van der Waals surface area (Å²) in [4.78, 5) is 10.5. The summed E-state index contributed by atoms with van der Waals surface area (Å²) >= 11 is 21.3. The Bertz CT molecular complexity index is 581. The van der Waals surface area contributed by atoms with Crippen molar-refractivity contribution < 1.29 is 21.8 Å². The Kier molecular flexibility index (Phi) is 4.72. The fraction of sp³-hybridized carbons (Fsp3) is 0.125. The molecule has 0 aliphatic carbocycles. The van der Waals surface area contributed by atoms with E-state index in [1.807, 2.05) is 0 Å². The lowest BCUT2D eigenvalue weighted by atomic mass is 10.3. The lowest BCUT2D eigenvalue weighted by Gasteiger charge is -2.11. The van der Waals surface area contributed by atoms with Gasteiger partial charge in [0, 0.05) is 0 Å². The summed E-state index contributed by atoms with van der Waals surface area (Å²) in [7, 11) is -4.90. The largest absolute Gasteiger partial charge is 0.422 e. The molecule has 0 atom stereocenters. The maximum Gasteiger partial charge on any atom is 0.363 e. The zero-order chi connectivity index (χ0) is 14.1. The van der Waals surface area contributed by atoms with Gasteiger partial charge in [0.2, 0.25) is 0 Å². The quantitative estimate of drug-likeness (QED) is 0.353. The van der Waals surface area contributed by atoms with E-state index >= 15 is 0 Å². The van der Waals surface area contributed by atoms with Crippen LogP contribution in [0.2, 0.25) is 5.02 Å². The number of hydrogen-bond donors (Lipinski definition) is 0. The highest BCUT2D eigenvalue weighted by Crippen LogP contribution is 2.32. The van der Waals surface area contributed by atoms with E-state index in [1.165, 1.54) is 0 Å². The van der Waals surface area contributed by atoms with Crippen LogP contribution in [0, 0.1) is 0 Å². The summed E-state index contributed by atoms with van der Waals surface area (Å²) in [5.74, 6) is -1.49. The molecular weight excluding hydrogens is 353 g/mol. The maximum atomic E-state index is 12.6. The number of benzene rings is 1. The molecule has 0 amide bonds. The van der Waals surface area contributed by atoms with Gasteiger partial charge in [0.15, 0.2) is 0 Å². The second-order valence-electron chi connectivity index (χ2n) is 2.92. The lowest BCUT2D eigenvalue weighted by Crippen LogP contribution is -2.24. The Morgan fingerprint density at radius 2 is 1.83 bits per heavy atom. The minimum atomic E-state index is -4.90. The van der Waals surface area contributed by atoms with Gasteiger partial charge in [-0.1, -0.05) is 46.4 Å². The van der Waals surface area contributed by atoms with Crippen LogP contribution in [0.4, 0.5) is 3.89 Å². The second kappa shape index (κ2) is 5.38. The lowest BCUT2D eigenvalue weighted by molar-refractivity contribution is -0.133. The topological polar surface area (TPSA) is 60.4 Å². The van der Waals surface area contributed by atoms with Crippen LogP contribution < -0.4 is 4.74 Å². The first-order valence-electron chi connectivity index (χ1n) is 4.05. The molecule has 0 spiro atoms. The average molecular weight is 356 g/mol. The monoisotopic (exact) mass is 354 g/mol. The minimum absolute atomic E-state index is 0.264. The Labute approximate surface area is 122 Å². The van der Waals surface area contributed by atoms with Crippen LogP contribution in [0.1, 0.15) is 0 Å². The van der Waals surface area contributed by atoms with Gasteiger partial charge < -0.3 is 4.74 Å². The highest BCUT2D eigenvalue weighted by atomic mass is 35.6. The van der Waals surface area contributed by atoms with Crippen molar-refractivity contribution in [1.29, 1.82) is 0 Å². The highest BCUT2D eigenvalue weighted by Gasteiger charge is 2.33. The summed E-state index contributed by atoms with van der Waals surface area (Å²) in [6.07, 6.45) is 0. The van der Waals surface area contributed by atoms with Gasteiger partial charge in [-0.2, -0.15) is 8.42 Å². The van der Waals surface area contributed by atoms with Crippen molar-refractivity contribution in [3.63, 3.8) is 0 Å². The predicted molar refractivity (Wildman–Crippen MR) is 65.7 cm³/mol. The normalized spacial score (nSPS) is 12.3. The predicted octanol–water partition coefficient (Wildman–Crippen LogP) is 3.27. The van der Waals surface area contributed by atoms with Crippen LogP contribution in [-0.4, -0.2) is 18.2 Å². The minimum Gasteiger partial charge on any atom is -0.422 e. The SMILES string of the molecule is O=C(Oc1ccc(S(=O)(=O)F)cc1Cl)C(Cl)(Cl)Cl. The molecule has 0 aliphatic heterocycles. The van der Waals surface area contributed by atoms with Crippen molar-refractivity contribution >= 4 is 62.6 Å². The first kappa shape index (κ1) is 15.8. The Balaban J connectivity index is 3.05. The van der Waals surface area contributed by atoms with E-state index < -0.39 is 24.9 Å². The third kappa shape index (κ3) is 4.13. The zero-order valence-corrected chi connectivity index (χ0v) is 12.0. The molecule has 4 nitrogen and oxygen atoms in total. The molecule has 0 aliphatic rings. The molecule has 10 heteroatoms. The van der Waals surface area contributed by atoms with Crippen LogP contribution in [-0.2, 0) is 15.0 Å². The molecule has 0 aromatic heterocycles. The zero-order valence-electron chi connectivity index (χ0n) is 8.16. The Morgan fingerprint density at radius 3 is 2.22 bits per heavy atom. The van der Waals surface area contributed by atoms with Crippen molar-refractivity contribution in [3.8, 4) is 5.75 Å². The molecule has 1 rings (SSSR count). The maximum absolute atomic E-state index is 12.6. The van der Waals surface area contributed by atoms with E-state index in [-0.39, 0.29) is 10.8 Å². The summed E-state index contributed by atoms with van der Waals surface area (Å²) in [5.41, 5.74) is 0. The number of esters is 1. The second-order valence-corrected chi connectivity index (χ2v) is 6.95. The van der Waals surface area contributed by atoms with E-state index in [0.29, 0.717) is 0 Å². The van der Waals surface area contributed by atoms with E-state index in [2.05, 4.69) is 4.74 Å². The number of alkyl halides is 3. The van der Waals surface area contributed by atoms with E-state index in [9.17, 15) is 17.1 Å². The third-order valence-corrected chi connectivity index (χ3v) is 3.19. The molecule has 1 aromatic carbocycles. The number of ether oxygens (including phenoxy) is 1. The summed E-state index contributed by atoms with van der Waals surface area (Å²) in [6, 6.07) is 2.57. The number of carbonyl (C=O) groups is 1. The van der Waals surface area contributed by atoms with Gasteiger partial charge in [0.05, 0.1) is 5.02 Å². The molecule has 0 bridgehead atoms. The average Bonchev–Trinajstić information content (AvgIpc) is 2.17. The van der Waals surface area contributed by atoms with Gasteiger partial charge >= 0.3 is 16.2 Å². The van der Waals surface area contributed by atoms with Gasteiger partial charge in [-0.05, 0) is 18.2 Å². The molecule has 0 unspecified atom stereocenters.